The second-order valence-electron chi connectivity index (χ2n) is 7.68. The third-order valence-corrected chi connectivity index (χ3v) is 7.47. The van der Waals surface area contributed by atoms with Crippen LogP contribution in [0.3, 0.4) is 0 Å². The Labute approximate surface area is 202 Å². The molecule has 1 aliphatic heterocycles. The molecule has 0 spiro atoms. The minimum absolute atomic E-state index is 0.0675. The van der Waals surface area contributed by atoms with Crippen LogP contribution in [0.15, 0.2) is 17.6 Å². The van der Waals surface area contributed by atoms with Crippen LogP contribution >= 0.6 is 34.3 Å². The van der Waals surface area contributed by atoms with E-state index in [-0.39, 0.29) is 20.5 Å². The molecule has 2 N–H and O–H groups in total. The molecule has 4 rings (SSSR count). The Bertz CT molecular complexity index is 1160. The van der Waals surface area contributed by atoms with E-state index in [4.69, 9.17) is 11.6 Å². The summed E-state index contributed by atoms with van der Waals surface area (Å²) in [5.74, 6) is 1.44. The molecule has 3 aromatic heterocycles. The van der Waals surface area contributed by atoms with Gasteiger partial charge in [-0.1, -0.05) is 22.9 Å². The van der Waals surface area contributed by atoms with Crippen LogP contribution in [0.5, 0.6) is 0 Å². The van der Waals surface area contributed by atoms with Crippen molar-refractivity contribution in [1.29, 1.82) is 0 Å². The number of carbonyl (C=O) groups excluding carboxylic acids is 1. The maximum absolute atomic E-state index is 13.1. The Morgan fingerprint density at radius 3 is 2.85 bits per heavy atom. The minimum atomic E-state index is -2.73. The van der Waals surface area contributed by atoms with Crippen LogP contribution in [-0.4, -0.2) is 58.5 Å². The Morgan fingerprint density at radius 1 is 1.33 bits per heavy atom. The highest BCUT2D eigenvalue weighted by atomic mass is 35.5. The van der Waals surface area contributed by atoms with E-state index in [0.717, 1.165) is 48.1 Å². The number of rotatable bonds is 6. The quantitative estimate of drug-likeness (QED) is 0.478. The van der Waals surface area contributed by atoms with Gasteiger partial charge in [-0.3, -0.25) is 4.79 Å². The average molecular weight is 514 g/mol. The van der Waals surface area contributed by atoms with E-state index >= 15 is 0 Å². The van der Waals surface area contributed by atoms with Crippen molar-refractivity contribution in [2.45, 2.75) is 26.3 Å². The Kier molecular flexibility index (Phi) is 7.07. The number of alkyl halides is 2. The van der Waals surface area contributed by atoms with Crippen LogP contribution in [0.25, 0.3) is 0 Å². The van der Waals surface area contributed by atoms with Crippen LogP contribution in [0.2, 0.25) is 4.34 Å². The van der Waals surface area contributed by atoms with Gasteiger partial charge < -0.3 is 20.4 Å². The molecule has 0 bridgehead atoms. The molecule has 3 aromatic rings. The topological polar surface area (TPSA) is 86.3 Å². The molecule has 0 saturated carbocycles. The number of thiazole rings is 1. The molecule has 176 valence electrons. The second kappa shape index (κ2) is 9.84. The molecule has 4 heterocycles. The van der Waals surface area contributed by atoms with Crippen molar-refractivity contribution >= 4 is 62.6 Å². The maximum atomic E-state index is 13.1. The molecular formula is C20H22ClF2N7OS2. The summed E-state index contributed by atoms with van der Waals surface area (Å²) in [5.41, 5.74) is -0.370. The van der Waals surface area contributed by atoms with Crippen LogP contribution in [-0.2, 0) is 0 Å². The molecule has 8 nitrogen and oxygen atoms in total. The molecule has 1 fully saturated rings. The highest BCUT2D eigenvalue weighted by Gasteiger charge is 2.23. The first-order valence-electron chi connectivity index (χ1n) is 10.1. The van der Waals surface area contributed by atoms with Gasteiger partial charge in [0.05, 0.1) is 17.4 Å². The van der Waals surface area contributed by atoms with Gasteiger partial charge in [-0.15, -0.1) is 11.3 Å². The lowest BCUT2D eigenvalue weighted by Gasteiger charge is -2.38. The zero-order valence-electron chi connectivity index (χ0n) is 18.1. The van der Waals surface area contributed by atoms with Gasteiger partial charge in [0, 0.05) is 37.1 Å². The van der Waals surface area contributed by atoms with Gasteiger partial charge in [0.15, 0.2) is 5.13 Å². The van der Waals surface area contributed by atoms with Crippen molar-refractivity contribution < 1.29 is 13.6 Å². The fraction of sp³-hybridized carbons (Fsp3) is 0.400. The predicted molar refractivity (Wildman–Crippen MR) is 129 cm³/mol. The monoisotopic (exact) mass is 513 g/mol. The van der Waals surface area contributed by atoms with Crippen LogP contribution < -0.4 is 15.5 Å². The standard InChI is InChI=1S/C20H22ClF2N7OS2/c1-10-8-30(5-4-29(10)3)15-6-14(25-11(2)26-15)27-20-24-7-13(33-20)19(31)28-16-12(18(22)23)9-32-17(16)21/h6-7,9-10,18H,4-5,8H2,1-3H3,(H,28,31)(H,24,25,26,27)/t10-/m0/s1. The lowest BCUT2D eigenvalue weighted by molar-refractivity contribution is 0.102. The van der Waals surface area contributed by atoms with E-state index in [0.29, 0.717) is 22.8 Å². The summed E-state index contributed by atoms with van der Waals surface area (Å²) >= 11 is 8.00. The number of likely N-dealkylation sites (N-methyl/N-ethyl adjacent to an activating group) is 1. The number of hydrogen-bond acceptors (Lipinski definition) is 9. The summed E-state index contributed by atoms with van der Waals surface area (Å²) in [4.78, 5) is 30.6. The molecule has 1 saturated heterocycles. The molecule has 1 atom stereocenters. The first kappa shape index (κ1) is 23.7. The molecule has 0 unspecified atom stereocenters. The number of nitrogens with one attached hydrogen (secondary N) is 2. The summed E-state index contributed by atoms with van der Waals surface area (Å²) in [6.45, 7) is 6.66. The number of nitrogens with zero attached hydrogens (tertiary/aromatic N) is 5. The van der Waals surface area contributed by atoms with Crippen LogP contribution in [0, 0.1) is 6.92 Å². The summed E-state index contributed by atoms with van der Waals surface area (Å²) in [5, 5.41) is 7.26. The van der Waals surface area contributed by atoms with Crippen LogP contribution in [0.1, 0.15) is 34.4 Å². The first-order chi connectivity index (χ1) is 15.7. The normalized spacial score (nSPS) is 16.9. The van der Waals surface area contributed by atoms with Gasteiger partial charge in [-0.25, -0.2) is 23.7 Å². The number of halogens is 3. The van der Waals surface area contributed by atoms with Crippen LogP contribution in [0.4, 0.5) is 31.2 Å². The number of piperazine rings is 1. The molecular weight excluding hydrogens is 492 g/mol. The number of anilines is 4. The number of thiophene rings is 1. The number of aryl methyl sites for hydroxylation is 1. The van der Waals surface area contributed by atoms with E-state index in [1.165, 1.54) is 11.6 Å². The molecule has 1 aliphatic rings. The Hall–Kier alpha value is -2.41. The summed E-state index contributed by atoms with van der Waals surface area (Å²) < 4.78 is 26.4. The van der Waals surface area contributed by atoms with E-state index in [1.807, 2.05) is 13.0 Å². The second-order valence-corrected chi connectivity index (χ2v) is 10.2. The maximum Gasteiger partial charge on any atom is 0.267 e. The Morgan fingerprint density at radius 2 is 2.12 bits per heavy atom. The highest BCUT2D eigenvalue weighted by molar-refractivity contribution is 7.17. The number of carbonyl (C=O) groups is 1. The Balaban J connectivity index is 1.47. The number of hydrogen-bond donors (Lipinski definition) is 2. The lowest BCUT2D eigenvalue weighted by atomic mass is 10.2. The first-order valence-corrected chi connectivity index (χ1v) is 12.2. The zero-order valence-corrected chi connectivity index (χ0v) is 20.5. The largest absolute Gasteiger partial charge is 0.354 e. The van der Waals surface area contributed by atoms with Gasteiger partial charge in [0.25, 0.3) is 12.3 Å². The fourth-order valence-electron chi connectivity index (χ4n) is 3.38. The van der Waals surface area contributed by atoms with E-state index in [9.17, 15) is 13.6 Å². The third kappa shape index (κ3) is 5.40. The van der Waals surface area contributed by atoms with E-state index in [1.54, 1.807) is 0 Å². The number of amides is 1. The average Bonchev–Trinajstić information content (AvgIpc) is 3.36. The van der Waals surface area contributed by atoms with Gasteiger partial charge in [0.2, 0.25) is 0 Å². The fourth-order valence-corrected chi connectivity index (χ4v) is 5.13. The van der Waals surface area contributed by atoms with Crippen molar-refractivity contribution in [3.63, 3.8) is 0 Å². The lowest BCUT2D eigenvalue weighted by Crippen LogP contribution is -2.50. The van der Waals surface area contributed by atoms with Crippen molar-refractivity contribution in [3.05, 3.63) is 38.2 Å². The third-order valence-electron chi connectivity index (χ3n) is 5.32. The van der Waals surface area contributed by atoms with Gasteiger partial charge in [0.1, 0.15) is 26.7 Å². The molecule has 0 radical (unpaired) electrons. The SMILES string of the molecule is Cc1nc(Nc2ncc(C(=O)Nc3c(C(F)F)csc3Cl)s2)cc(N2CCN(C)[C@@H](C)C2)n1. The van der Waals surface area contributed by atoms with Crippen molar-refractivity contribution in [1.82, 2.24) is 19.9 Å². The zero-order chi connectivity index (χ0) is 23.7. The highest BCUT2D eigenvalue weighted by Crippen LogP contribution is 2.39. The molecule has 1 amide bonds. The minimum Gasteiger partial charge on any atom is -0.354 e. The molecule has 13 heteroatoms. The molecule has 0 aromatic carbocycles. The van der Waals surface area contributed by atoms with E-state index in [2.05, 4.69) is 49.4 Å². The van der Waals surface area contributed by atoms with E-state index < -0.39 is 12.3 Å². The van der Waals surface area contributed by atoms with Crippen molar-refractivity contribution in [3.8, 4) is 0 Å². The smallest absolute Gasteiger partial charge is 0.267 e. The summed E-state index contributed by atoms with van der Waals surface area (Å²) in [7, 11) is 2.11. The van der Waals surface area contributed by atoms with Gasteiger partial charge in [-0.05, 0) is 20.9 Å². The van der Waals surface area contributed by atoms with Gasteiger partial charge >= 0.3 is 0 Å². The van der Waals surface area contributed by atoms with Crippen molar-refractivity contribution in [2.75, 3.05) is 42.2 Å². The van der Waals surface area contributed by atoms with Gasteiger partial charge in [-0.2, -0.15) is 0 Å². The molecule has 33 heavy (non-hydrogen) atoms. The van der Waals surface area contributed by atoms with Crippen molar-refractivity contribution in [2.24, 2.45) is 0 Å². The summed E-state index contributed by atoms with van der Waals surface area (Å²) in [6.07, 6.45) is -1.36. The number of aromatic nitrogens is 3. The predicted octanol–water partition coefficient (Wildman–Crippen LogP) is 5.03. The molecule has 0 aliphatic carbocycles. The summed E-state index contributed by atoms with van der Waals surface area (Å²) in [6, 6.07) is 2.26.